The van der Waals surface area contributed by atoms with E-state index in [1.807, 2.05) is 0 Å². The first-order valence-corrected chi connectivity index (χ1v) is 8.34. The third-order valence-electron chi connectivity index (χ3n) is 3.83. The number of hydrogen-bond donors (Lipinski definition) is 1. The van der Waals surface area contributed by atoms with Crippen LogP contribution < -0.4 is 5.73 Å². The Kier molecular flexibility index (Phi) is 6.16. The number of hydrogen-bond acceptors (Lipinski definition) is 1. The van der Waals surface area contributed by atoms with Crippen molar-refractivity contribution in [1.82, 2.24) is 0 Å². The molecule has 15 heavy (non-hydrogen) atoms. The number of halogens is 2. The highest BCUT2D eigenvalue weighted by Gasteiger charge is 2.33. The normalized spacial score (nSPS) is 36.2. The molecule has 3 heteroatoms. The first kappa shape index (κ1) is 14.5. The van der Waals surface area contributed by atoms with E-state index in [4.69, 9.17) is 5.73 Å². The van der Waals surface area contributed by atoms with Gasteiger partial charge in [0.05, 0.1) is 4.05 Å². The minimum absolute atomic E-state index is 0.326. The molecule has 90 valence electrons. The van der Waals surface area contributed by atoms with Gasteiger partial charge < -0.3 is 5.73 Å². The minimum atomic E-state index is 0.326. The summed E-state index contributed by atoms with van der Waals surface area (Å²) in [6, 6.07) is 0. The van der Waals surface area contributed by atoms with Gasteiger partial charge >= 0.3 is 0 Å². The predicted molar refractivity (Wildman–Crippen MR) is 84.8 cm³/mol. The number of nitrogens with two attached hydrogens (primary N) is 1. The summed E-state index contributed by atoms with van der Waals surface area (Å²) in [5.74, 6) is 1.59. The van der Waals surface area contributed by atoms with Crippen molar-refractivity contribution in [1.29, 1.82) is 0 Å². The van der Waals surface area contributed by atoms with Crippen LogP contribution in [0.25, 0.3) is 0 Å². The van der Waals surface area contributed by atoms with Crippen LogP contribution in [0.15, 0.2) is 0 Å². The number of alkyl halides is 2. The van der Waals surface area contributed by atoms with Crippen molar-refractivity contribution in [2.75, 3.05) is 0 Å². The zero-order chi connectivity index (χ0) is 11.5. The highest BCUT2D eigenvalue weighted by Crippen LogP contribution is 2.43. The van der Waals surface area contributed by atoms with Crippen LogP contribution in [0.1, 0.15) is 52.4 Å². The van der Waals surface area contributed by atoms with Crippen molar-refractivity contribution in [2.24, 2.45) is 17.6 Å². The smallest absolute Gasteiger partial charge is 0.0594 e. The molecule has 0 aromatic carbocycles. The third kappa shape index (κ3) is 4.66. The Morgan fingerprint density at radius 3 is 2.67 bits per heavy atom. The molecule has 0 aromatic rings. The van der Waals surface area contributed by atoms with Gasteiger partial charge in [-0.25, -0.2) is 0 Å². The second-order valence-electron chi connectivity index (χ2n) is 5.22. The molecule has 0 aliphatic heterocycles. The highest BCUT2D eigenvalue weighted by atomic mass is 127. The van der Waals surface area contributed by atoms with Gasteiger partial charge in [0.1, 0.15) is 0 Å². The fourth-order valence-corrected chi connectivity index (χ4v) is 3.80. The molecule has 1 fully saturated rings. The Bertz CT molecular complexity index is 192. The quantitative estimate of drug-likeness (QED) is 0.393. The summed E-state index contributed by atoms with van der Waals surface area (Å²) in [5, 5.41) is 0. The molecule has 0 radical (unpaired) electrons. The molecule has 0 amide bonds. The largest absolute Gasteiger partial charge is 0.319 e. The van der Waals surface area contributed by atoms with Crippen molar-refractivity contribution < 1.29 is 0 Å². The van der Waals surface area contributed by atoms with Gasteiger partial charge in [-0.05, 0) is 37.5 Å². The molecule has 2 N–H and O–H groups in total. The molecule has 0 spiro atoms. The first-order valence-electron chi connectivity index (χ1n) is 6.02. The van der Waals surface area contributed by atoms with E-state index in [-0.39, 0.29) is 0 Å². The van der Waals surface area contributed by atoms with Crippen LogP contribution >= 0.6 is 45.2 Å². The average molecular weight is 435 g/mol. The lowest BCUT2D eigenvalue weighted by Crippen LogP contribution is -2.32. The minimum Gasteiger partial charge on any atom is -0.319 e. The van der Waals surface area contributed by atoms with Crippen molar-refractivity contribution in [3.05, 3.63) is 0 Å². The van der Waals surface area contributed by atoms with Crippen LogP contribution in [-0.4, -0.2) is 7.47 Å². The van der Waals surface area contributed by atoms with Crippen LogP contribution in [-0.2, 0) is 0 Å². The Morgan fingerprint density at radius 1 is 1.47 bits per heavy atom. The molecule has 1 rings (SSSR count). The molecule has 3 unspecified atom stereocenters. The summed E-state index contributed by atoms with van der Waals surface area (Å²) < 4.78 is 0.872. The summed E-state index contributed by atoms with van der Waals surface area (Å²) >= 11 is 5.03. The van der Waals surface area contributed by atoms with E-state index in [1.165, 1.54) is 38.5 Å². The zero-order valence-corrected chi connectivity index (χ0v) is 14.1. The number of rotatable bonds is 4. The monoisotopic (exact) mass is 435 g/mol. The Labute approximate surface area is 122 Å². The molecular weight excluding hydrogens is 412 g/mol. The lowest BCUT2D eigenvalue weighted by Gasteiger charge is -2.37. The van der Waals surface area contributed by atoms with E-state index < -0.39 is 0 Å². The van der Waals surface area contributed by atoms with Gasteiger partial charge in [-0.2, -0.15) is 0 Å². The molecule has 0 aromatic heterocycles. The topological polar surface area (TPSA) is 26.0 Å². The molecule has 1 nitrogen and oxygen atoms in total. The summed E-state index contributed by atoms with van der Waals surface area (Å²) in [4.78, 5) is 0. The van der Waals surface area contributed by atoms with Gasteiger partial charge in [0, 0.05) is 3.42 Å². The summed E-state index contributed by atoms with van der Waals surface area (Å²) in [6.07, 6.45) is 8.38. The fourth-order valence-electron chi connectivity index (χ4n) is 2.44. The maximum absolute atomic E-state index is 5.90. The van der Waals surface area contributed by atoms with Gasteiger partial charge in [0.25, 0.3) is 0 Å². The van der Waals surface area contributed by atoms with Crippen molar-refractivity contribution >= 4 is 45.2 Å². The summed E-state index contributed by atoms with van der Waals surface area (Å²) in [6.45, 7) is 4.72. The van der Waals surface area contributed by atoms with Crippen molar-refractivity contribution in [2.45, 2.75) is 59.8 Å². The zero-order valence-electron chi connectivity index (χ0n) is 9.81. The van der Waals surface area contributed by atoms with Crippen LogP contribution in [0.2, 0.25) is 0 Å². The average Bonchev–Trinajstić information content (AvgIpc) is 2.14. The molecule has 0 heterocycles. The van der Waals surface area contributed by atoms with E-state index in [0.717, 1.165) is 5.92 Å². The van der Waals surface area contributed by atoms with Gasteiger partial charge in [0.2, 0.25) is 0 Å². The molecule has 4 atom stereocenters. The first-order chi connectivity index (χ1) is 6.93. The molecular formula is C12H23I2N. The molecule has 1 aliphatic carbocycles. The van der Waals surface area contributed by atoms with Gasteiger partial charge in [-0.3, -0.25) is 0 Å². The van der Waals surface area contributed by atoms with Crippen LogP contribution in [0, 0.1) is 11.8 Å². The predicted octanol–water partition coefficient (Wildman–Crippen LogP) is 4.51. The molecule has 1 aliphatic rings. The van der Waals surface area contributed by atoms with Gasteiger partial charge in [-0.1, -0.05) is 71.9 Å². The van der Waals surface area contributed by atoms with E-state index in [0.29, 0.717) is 13.4 Å². The maximum atomic E-state index is 5.90. The lowest BCUT2D eigenvalue weighted by atomic mass is 9.77. The van der Waals surface area contributed by atoms with E-state index >= 15 is 0 Å². The Hall–Kier alpha value is 1.42. The summed E-state index contributed by atoms with van der Waals surface area (Å²) in [7, 11) is 0. The highest BCUT2D eigenvalue weighted by molar-refractivity contribution is 14.1. The standard InChI is InChI=1S/C12H23I2N/c1-9(11(13)15)6-7-10-5-3-4-8-12(10,2)14/h9-11H,3-8,15H2,1-2H3/t9?,10?,11-,12?/m0/s1. The second kappa shape index (κ2) is 6.38. The Balaban J connectivity index is 2.36. The van der Waals surface area contributed by atoms with Crippen molar-refractivity contribution in [3.8, 4) is 0 Å². The molecule has 0 saturated heterocycles. The Morgan fingerprint density at radius 2 is 2.13 bits per heavy atom. The van der Waals surface area contributed by atoms with Gasteiger partial charge in [0.15, 0.2) is 0 Å². The van der Waals surface area contributed by atoms with E-state index in [1.54, 1.807) is 0 Å². The second-order valence-corrected chi connectivity index (χ2v) is 9.12. The van der Waals surface area contributed by atoms with E-state index in [9.17, 15) is 0 Å². The SMILES string of the molecule is CC(CCC1CCCCC1(C)I)[C@H](N)I. The fraction of sp³-hybridized carbons (Fsp3) is 1.00. The summed E-state index contributed by atoms with van der Waals surface area (Å²) in [5.41, 5.74) is 5.90. The van der Waals surface area contributed by atoms with Crippen LogP contribution in [0.3, 0.4) is 0 Å². The van der Waals surface area contributed by atoms with Gasteiger partial charge in [-0.15, -0.1) is 0 Å². The van der Waals surface area contributed by atoms with Crippen LogP contribution in [0.4, 0.5) is 0 Å². The van der Waals surface area contributed by atoms with E-state index in [2.05, 4.69) is 59.0 Å². The molecule has 0 bridgehead atoms. The third-order valence-corrected chi connectivity index (χ3v) is 6.48. The lowest BCUT2D eigenvalue weighted by molar-refractivity contribution is 0.270. The van der Waals surface area contributed by atoms with Crippen LogP contribution in [0.5, 0.6) is 0 Å². The maximum Gasteiger partial charge on any atom is 0.0594 e. The van der Waals surface area contributed by atoms with Crippen molar-refractivity contribution in [3.63, 3.8) is 0 Å². The molecule has 1 saturated carbocycles.